The van der Waals surface area contributed by atoms with Crippen LogP contribution in [0.25, 0.3) is 54.2 Å². The largest absolute Gasteiger partial charge is 0.497 e. The maximum absolute atomic E-state index is 15.4. The molecule has 0 aliphatic heterocycles. The predicted molar refractivity (Wildman–Crippen MR) is 150 cm³/mol. The smallest absolute Gasteiger partial charge is 0.135 e. The van der Waals surface area contributed by atoms with Crippen LogP contribution < -0.4 is 9.47 Å². The molecule has 4 aromatic carbocycles. The number of halogens is 2. The molecule has 0 saturated carbocycles. The van der Waals surface area contributed by atoms with Crippen molar-refractivity contribution in [2.45, 2.75) is 0 Å². The maximum atomic E-state index is 15.4. The molecule has 8 heteroatoms. The van der Waals surface area contributed by atoms with Crippen molar-refractivity contribution in [1.82, 2.24) is 8.75 Å². The number of hydrogen-bond acceptors (Lipinski definition) is 6. The standard InChI is InChI=1S/C30H20F2N2O2S2/c1-35-19-6-3-17(4-7-19)18-5-9-21(25(31)15-18)22-11-12-24(30-29(22)33-38-34-30)28-14-13-27(37-28)23-10-8-20(36-2)16-26(23)32/h3-16H,1-2H3. The summed E-state index contributed by atoms with van der Waals surface area (Å²) in [5.41, 5.74) is 5.50. The number of benzene rings is 4. The molecule has 4 nitrogen and oxygen atoms in total. The number of ether oxygens (including phenoxy) is 2. The second kappa shape index (κ2) is 9.96. The number of thiophene rings is 1. The van der Waals surface area contributed by atoms with Crippen LogP contribution in [0.3, 0.4) is 0 Å². The van der Waals surface area contributed by atoms with E-state index in [4.69, 9.17) is 9.47 Å². The lowest BCUT2D eigenvalue weighted by atomic mass is 9.97. The highest BCUT2D eigenvalue weighted by atomic mass is 32.1. The van der Waals surface area contributed by atoms with E-state index in [0.29, 0.717) is 33.5 Å². The summed E-state index contributed by atoms with van der Waals surface area (Å²) < 4.78 is 49.4. The molecule has 188 valence electrons. The lowest BCUT2D eigenvalue weighted by Gasteiger charge is -2.09. The van der Waals surface area contributed by atoms with Crippen LogP contribution >= 0.6 is 23.1 Å². The minimum Gasteiger partial charge on any atom is -0.497 e. The van der Waals surface area contributed by atoms with Gasteiger partial charge in [0.05, 0.1) is 25.9 Å². The predicted octanol–water partition coefficient (Wildman–Crippen LogP) is 8.72. The third kappa shape index (κ3) is 4.31. The van der Waals surface area contributed by atoms with E-state index in [2.05, 4.69) is 8.75 Å². The molecule has 2 aromatic heterocycles. The number of fused-ring (bicyclic) bond motifs is 1. The molecule has 2 heterocycles. The van der Waals surface area contributed by atoms with Crippen LogP contribution in [0.5, 0.6) is 11.5 Å². The zero-order valence-corrected chi connectivity index (χ0v) is 22.0. The fourth-order valence-corrected chi connectivity index (χ4v) is 6.06. The number of hydrogen-bond donors (Lipinski definition) is 0. The molecular formula is C30H20F2N2O2S2. The molecular weight excluding hydrogens is 522 g/mol. The monoisotopic (exact) mass is 542 g/mol. The van der Waals surface area contributed by atoms with E-state index in [1.54, 1.807) is 25.3 Å². The topological polar surface area (TPSA) is 44.2 Å². The Morgan fingerprint density at radius 2 is 1.11 bits per heavy atom. The Hall–Kier alpha value is -4.14. The van der Waals surface area contributed by atoms with Crippen molar-refractivity contribution in [3.63, 3.8) is 0 Å². The second-order valence-corrected chi connectivity index (χ2v) is 10.2. The molecule has 0 bridgehead atoms. The number of methoxy groups -OCH3 is 2. The van der Waals surface area contributed by atoms with E-state index in [1.165, 1.54) is 30.6 Å². The van der Waals surface area contributed by atoms with E-state index in [1.807, 2.05) is 54.6 Å². The van der Waals surface area contributed by atoms with Crippen molar-refractivity contribution in [2.24, 2.45) is 0 Å². The van der Waals surface area contributed by atoms with Crippen LogP contribution in [0.2, 0.25) is 0 Å². The Bertz CT molecular complexity index is 1780. The van der Waals surface area contributed by atoms with E-state index in [9.17, 15) is 4.39 Å². The van der Waals surface area contributed by atoms with Crippen molar-refractivity contribution >= 4 is 34.1 Å². The highest BCUT2D eigenvalue weighted by molar-refractivity contribution is 7.19. The van der Waals surface area contributed by atoms with Crippen molar-refractivity contribution in [2.75, 3.05) is 14.2 Å². The summed E-state index contributed by atoms with van der Waals surface area (Å²) in [4.78, 5) is 1.72. The first-order chi connectivity index (χ1) is 18.6. The van der Waals surface area contributed by atoms with E-state index < -0.39 is 0 Å². The van der Waals surface area contributed by atoms with Gasteiger partial charge in [0.1, 0.15) is 34.2 Å². The summed E-state index contributed by atoms with van der Waals surface area (Å²) in [5, 5.41) is 0. The highest BCUT2D eigenvalue weighted by Gasteiger charge is 2.18. The zero-order valence-electron chi connectivity index (χ0n) is 20.4. The first kappa shape index (κ1) is 24.2. The fraction of sp³-hybridized carbons (Fsp3) is 0.0667. The molecule has 0 fully saturated rings. The zero-order chi connectivity index (χ0) is 26.2. The summed E-state index contributed by atoms with van der Waals surface area (Å²) >= 11 is 2.55. The maximum Gasteiger partial charge on any atom is 0.135 e. The fourth-order valence-electron chi connectivity index (χ4n) is 4.43. The lowest BCUT2D eigenvalue weighted by molar-refractivity contribution is 0.411. The van der Waals surface area contributed by atoms with Crippen LogP contribution in [-0.2, 0) is 0 Å². The van der Waals surface area contributed by atoms with Crippen LogP contribution in [0.1, 0.15) is 0 Å². The first-order valence-electron chi connectivity index (χ1n) is 11.7. The molecule has 0 radical (unpaired) electrons. The summed E-state index contributed by atoms with van der Waals surface area (Å²) in [6.07, 6.45) is 0. The molecule has 0 spiro atoms. The highest BCUT2D eigenvalue weighted by Crippen LogP contribution is 2.41. The minimum atomic E-state index is -0.345. The molecule has 0 amide bonds. The van der Waals surface area contributed by atoms with Crippen LogP contribution in [0.15, 0.2) is 84.9 Å². The molecule has 0 atom stereocenters. The minimum absolute atomic E-state index is 0.339. The Balaban J connectivity index is 1.36. The average Bonchev–Trinajstić information content (AvgIpc) is 3.63. The number of aromatic nitrogens is 2. The normalized spacial score (nSPS) is 11.2. The Morgan fingerprint density at radius 1 is 0.553 bits per heavy atom. The molecule has 0 saturated heterocycles. The Labute approximate surface area is 226 Å². The van der Waals surface area contributed by atoms with Crippen LogP contribution in [-0.4, -0.2) is 23.0 Å². The molecule has 0 aliphatic carbocycles. The molecule has 6 rings (SSSR count). The second-order valence-electron chi connectivity index (χ2n) is 8.55. The van der Waals surface area contributed by atoms with Crippen molar-refractivity contribution in [1.29, 1.82) is 0 Å². The molecule has 38 heavy (non-hydrogen) atoms. The first-order valence-corrected chi connectivity index (χ1v) is 13.2. The van der Waals surface area contributed by atoms with Gasteiger partial charge < -0.3 is 9.47 Å². The average molecular weight is 543 g/mol. The van der Waals surface area contributed by atoms with Gasteiger partial charge in [-0.25, -0.2) is 8.78 Å². The molecule has 0 unspecified atom stereocenters. The van der Waals surface area contributed by atoms with E-state index >= 15 is 4.39 Å². The van der Waals surface area contributed by atoms with Crippen LogP contribution in [0.4, 0.5) is 8.78 Å². The van der Waals surface area contributed by atoms with Gasteiger partial charge >= 0.3 is 0 Å². The van der Waals surface area contributed by atoms with Gasteiger partial charge in [0.25, 0.3) is 0 Å². The van der Waals surface area contributed by atoms with Crippen LogP contribution in [0, 0.1) is 11.6 Å². The molecule has 0 N–H and O–H groups in total. The third-order valence-electron chi connectivity index (χ3n) is 6.41. The van der Waals surface area contributed by atoms with Gasteiger partial charge in [-0.05, 0) is 53.6 Å². The van der Waals surface area contributed by atoms with Crippen molar-refractivity contribution in [3.8, 4) is 54.6 Å². The van der Waals surface area contributed by atoms with E-state index in [-0.39, 0.29) is 11.6 Å². The van der Waals surface area contributed by atoms with Gasteiger partial charge in [0, 0.05) is 38.1 Å². The Kier molecular flexibility index (Phi) is 6.35. The SMILES string of the molecule is COc1ccc(-c2ccc(-c3ccc(-c4ccc(-c5ccc(OC)cc5F)s4)c4nsnc34)c(F)c2)cc1. The van der Waals surface area contributed by atoms with Gasteiger partial charge in [-0.3, -0.25) is 0 Å². The third-order valence-corrected chi connectivity index (χ3v) is 8.09. The summed E-state index contributed by atoms with van der Waals surface area (Å²) in [6.45, 7) is 0. The van der Waals surface area contributed by atoms with Crippen molar-refractivity contribution in [3.05, 3.63) is 96.6 Å². The summed E-state index contributed by atoms with van der Waals surface area (Å²) in [6, 6.07) is 25.2. The summed E-state index contributed by atoms with van der Waals surface area (Å²) in [7, 11) is 3.12. The van der Waals surface area contributed by atoms with Gasteiger partial charge in [-0.2, -0.15) is 8.75 Å². The molecule has 6 aromatic rings. The van der Waals surface area contributed by atoms with Gasteiger partial charge in [0.2, 0.25) is 0 Å². The van der Waals surface area contributed by atoms with Crippen molar-refractivity contribution < 1.29 is 18.3 Å². The number of rotatable bonds is 6. The van der Waals surface area contributed by atoms with Gasteiger partial charge in [-0.15, -0.1) is 11.3 Å². The number of nitrogens with zero attached hydrogens (tertiary/aromatic N) is 2. The van der Waals surface area contributed by atoms with Gasteiger partial charge in [-0.1, -0.05) is 36.4 Å². The quantitative estimate of drug-likeness (QED) is 0.211. The summed E-state index contributed by atoms with van der Waals surface area (Å²) in [5.74, 6) is 0.533. The Morgan fingerprint density at radius 3 is 1.79 bits per heavy atom. The van der Waals surface area contributed by atoms with E-state index in [0.717, 1.165) is 43.9 Å². The molecule has 0 aliphatic rings. The lowest BCUT2D eigenvalue weighted by Crippen LogP contribution is -1.90. The van der Waals surface area contributed by atoms with Gasteiger partial charge in [0.15, 0.2) is 0 Å².